The number of amides is 2. The first-order valence-electron chi connectivity index (χ1n) is 7.14. The Balaban J connectivity index is 1.54. The molecule has 0 unspecified atom stereocenters. The number of carbonyl (C=O) groups excluding carboxylic acids is 1. The topological polar surface area (TPSA) is 63.1 Å². The van der Waals surface area contributed by atoms with Crippen molar-refractivity contribution < 1.29 is 4.79 Å². The highest BCUT2D eigenvalue weighted by molar-refractivity contribution is 5.88. The first-order valence-corrected chi connectivity index (χ1v) is 7.14. The van der Waals surface area contributed by atoms with E-state index in [0.29, 0.717) is 5.92 Å². The minimum Gasteiger partial charge on any atom is -0.335 e. The molecule has 6 heteroatoms. The number of pyridine rings is 1. The highest BCUT2D eigenvalue weighted by Gasteiger charge is 2.21. The molecule has 0 aliphatic carbocycles. The van der Waals surface area contributed by atoms with Crippen molar-refractivity contribution in [3.63, 3.8) is 0 Å². The third kappa shape index (κ3) is 3.21. The Bertz CT molecular complexity index is 610. The lowest BCUT2D eigenvalue weighted by atomic mass is 9.99. The van der Waals surface area contributed by atoms with Crippen molar-refractivity contribution in [1.82, 2.24) is 19.4 Å². The molecule has 3 rings (SSSR count). The number of carbonyl (C=O) groups is 1. The number of nitrogens with one attached hydrogen (secondary N) is 1. The molecule has 21 heavy (non-hydrogen) atoms. The molecule has 0 saturated heterocycles. The van der Waals surface area contributed by atoms with Crippen LogP contribution in [0.2, 0.25) is 0 Å². The van der Waals surface area contributed by atoms with Crippen molar-refractivity contribution in [1.29, 1.82) is 0 Å². The number of hydrogen-bond acceptors (Lipinski definition) is 3. The summed E-state index contributed by atoms with van der Waals surface area (Å²) in [4.78, 5) is 22.2. The quantitative estimate of drug-likeness (QED) is 0.938. The van der Waals surface area contributed by atoms with E-state index in [1.807, 2.05) is 19.4 Å². The van der Waals surface area contributed by atoms with E-state index in [-0.39, 0.29) is 6.03 Å². The maximum atomic E-state index is 12.2. The molecule has 0 bridgehead atoms. The molecule has 1 atom stereocenters. The van der Waals surface area contributed by atoms with Crippen LogP contribution in [0.25, 0.3) is 0 Å². The van der Waals surface area contributed by atoms with Gasteiger partial charge in [0.15, 0.2) is 0 Å². The van der Waals surface area contributed by atoms with Gasteiger partial charge in [-0.05, 0) is 24.5 Å². The fourth-order valence-electron chi connectivity index (χ4n) is 2.71. The lowest BCUT2D eigenvalue weighted by Gasteiger charge is -2.28. The van der Waals surface area contributed by atoms with Gasteiger partial charge in [0, 0.05) is 57.0 Å². The molecule has 0 aromatic carbocycles. The predicted octanol–water partition coefficient (Wildman–Crippen LogP) is 2.00. The molecule has 1 N–H and O–H groups in total. The summed E-state index contributed by atoms with van der Waals surface area (Å²) in [7, 11) is 1.83. The average Bonchev–Trinajstić information content (AvgIpc) is 2.95. The number of imidazole rings is 1. The van der Waals surface area contributed by atoms with Gasteiger partial charge < -0.3 is 14.8 Å². The van der Waals surface area contributed by atoms with E-state index in [4.69, 9.17) is 0 Å². The van der Waals surface area contributed by atoms with Crippen molar-refractivity contribution in [3.8, 4) is 0 Å². The van der Waals surface area contributed by atoms with Gasteiger partial charge in [0.1, 0.15) is 5.82 Å². The SMILES string of the molecule is CN(C[C@@H]1CCc2nccn2C1)C(=O)Nc1ccncc1. The molecule has 0 radical (unpaired) electrons. The minimum atomic E-state index is -0.0855. The summed E-state index contributed by atoms with van der Waals surface area (Å²) >= 11 is 0. The van der Waals surface area contributed by atoms with Crippen LogP contribution in [0, 0.1) is 5.92 Å². The first-order chi connectivity index (χ1) is 10.2. The van der Waals surface area contributed by atoms with E-state index in [0.717, 1.165) is 37.4 Å². The Morgan fingerprint density at radius 1 is 1.43 bits per heavy atom. The monoisotopic (exact) mass is 285 g/mol. The number of urea groups is 1. The molecule has 0 saturated carbocycles. The number of rotatable bonds is 3. The largest absolute Gasteiger partial charge is 0.335 e. The summed E-state index contributed by atoms with van der Waals surface area (Å²) in [5.74, 6) is 1.62. The zero-order valence-corrected chi connectivity index (χ0v) is 12.1. The number of anilines is 1. The van der Waals surface area contributed by atoms with Crippen LogP contribution in [0.1, 0.15) is 12.2 Å². The Morgan fingerprint density at radius 2 is 2.24 bits per heavy atom. The van der Waals surface area contributed by atoms with Crippen molar-refractivity contribution in [2.45, 2.75) is 19.4 Å². The van der Waals surface area contributed by atoms with E-state index in [1.165, 1.54) is 0 Å². The second-order valence-corrected chi connectivity index (χ2v) is 5.45. The van der Waals surface area contributed by atoms with Gasteiger partial charge in [-0.25, -0.2) is 9.78 Å². The molecule has 0 spiro atoms. The number of hydrogen-bond donors (Lipinski definition) is 1. The Kier molecular flexibility index (Phi) is 3.85. The summed E-state index contributed by atoms with van der Waals surface area (Å²) in [5, 5.41) is 2.87. The molecule has 2 aromatic heterocycles. The summed E-state index contributed by atoms with van der Waals surface area (Å²) in [6.07, 6.45) is 9.24. The van der Waals surface area contributed by atoms with Crippen LogP contribution in [0.5, 0.6) is 0 Å². The average molecular weight is 285 g/mol. The maximum absolute atomic E-state index is 12.2. The number of fused-ring (bicyclic) bond motifs is 1. The molecular weight excluding hydrogens is 266 g/mol. The molecule has 1 aliphatic heterocycles. The Morgan fingerprint density at radius 3 is 3.05 bits per heavy atom. The summed E-state index contributed by atoms with van der Waals surface area (Å²) < 4.78 is 2.18. The Hall–Kier alpha value is -2.37. The summed E-state index contributed by atoms with van der Waals surface area (Å²) in [6, 6.07) is 3.48. The van der Waals surface area contributed by atoms with Crippen molar-refractivity contribution in [2.24, 2.45) is 5.92 Å². The zero-order chi connectivity index (χ0) is 14.7. The van der Waals surface area contributed by atoms with E-state index >= 15 is 0 Å². The summed E-state index contributed by atoms with van der Waals surface area (Å²) in [6.45, 7) is 1.68. The third-order valence-electron chi connectivity index (χ3n) is 3.84. The first kappa shape index (κ1) is 13.6. The lowest BCUT2D eigenvalue weighted by molar-refractivity contribution is 0.205. The lowest BCUT2D eigenvalue weighted by Crippen LogP contribution is -2.37. The van der Waals surface area contributed by atoms with Gasteiger partial charge in [-0.1, -0.05) is 0 Å². The Labute approximate surface area is 123 Å². The van der Waals surface area contributed by atoms with Crippen LogP contribution in [0.15, 0.2) is 36.9 Å². The van der Waals surface area contributed by atoms with Crippen LogP contribution >= 0.6 is 0 Å². The van der Waals surface area contributed by atoms with Gasteiger partial charge in [-0.3, -0.25) is 4.98 Å². The van der Waals surface area contributed by atoms with Gasteiger partial charge >= 0.3 is 6.03 Å². The van der Waals surface area contributed by atoms with Crippen molar-refractivity contribution in [3.05, 3.63) is 42.7 Å². The molecule has 3 heterocycles. The highest BCUT2D eigenvalue weighted by atomic mass is 16.2. The van der Waals surface area contributed by atoms with Crippen LogP contribution in [0.4, 0.5) is 10.5 Å². The van der Waals surface area contributed by atoms with Crippen LogP contribution in [0.3, 0.4) is 0 Å². The second-order valence-electron chi connectivity index (χ2n) is 5.45. The fourth-order valence-corrected chi connectivity index (χ4v) is 2.71. The number of nitrogens with zero attached hydrogens (tertiary/aromatic N) is 4. The van der Waals surface area contributed by atoms with Gasteiger partial charge in [0.2, 0.25) is 0 Å². The van der Waals surface area contributed by atoms with Crippen molar-refractivity contribution >= 4 is 11.7 Å². The molecule has 2 aromatic rings. The molecule has 0 fully saturated rings. The fraction of sp³-hybridized carbons (Fsp3) is 0.400. The molecule has 110 valence electrons. The van der Waals surface area contributed by atoms with E-state index in [9.17, 15) is 4.79 Å². The van der Waals surface area contributed by atoms with Gasteiger partial charge in [0.05, 0.1) is 0 Å². The maximum Gasteiger partial charge on any atom is 0.321 e. The van der Waals surface area contributed by atoms with Crippen LogP contribution in [-0.4, -0.2) is 39.1 Å². The standard InChI is InChI=1S/C15H19N5O/c1-19(15(21)18-13-4-6-16-7-5-13)10-12-2-3-14-17-8-9-20(14)11-12/h4-9,12H,2-3,10-11H2,1H3,(H,16,18,21)/t12-/m0/s1. The molecule has 1 aliphatic rings. The third-order valence-corrected chi connectivity index (χ3v) is 3.84. The zero-order valence-electron chi connectivity index (χ0n) is 12.1. The van der Waals surface area contributed by atoms with E-state index < -0.39 is 0 Å². The number of aromatic nitrogens is 3. The minimum absolute atomic E-state index is 0.0855. The normalized spacial score (nSPS) is 17.1. The van der Waals surface area contributed by atoms with Crippen LogP contribution in [-0.2, 0) is 13.0 Å². The molecular formula is C15H19N5O. The molecule has 6 nitrogen and oxygen atoms in total. The second kappa shape index (κ2) is 5.95. The van der Waals surface area contributed by atoms with E-state index in [1.54, 1.807) is 29.4 Å². The van der Waals surface area contributed by atoms with Crippen molar-refractivity contribution in [2.75, 3.05) is 18.9 Å². The van der Waals surface area contributed by atoms with Gasteiger partial charge in [-0.2, -0.15) is 0 Å². The highest BCUT2D eigenvalue weighted by Crippen LogP contribution is 2.19. The van der Waals surface area contributed by atoms with Gasteiger partial charge in [-0.15, -0.1) is 0 Å². The summed E-state index contributed by atoms with van der Waals surface area (Å²) in [5.41, 5.74) is 0.766. The number of aryl methyl sites for hydroxylation is 1. The van der Waals surface area contributed by atoms with E-state index in [2.05, 4.69) is 19.9 Å². The van der Waals surface area contributed by atoms with Gasteiger partial charge in [0.25, 0.3) is 0 Å². The smallest absolute Gasteiger partial charge is 0.321 e. The predicted molar refractivity (Wildman–Crippen MR) is 79.9 cm³/mol. The molecule has 2 amide bonds. The van der Waals surface area contributed by atoms with Crippen LogP contribution < -0.4 is 5.32 Å².